The van der Waals surface area contributed by atoms with Crippen LogP contribution < -0.4 is 0 Å². The second-order valence-electron chi connectivity index (χ2n) is 5.61. The number of hydrogen-bond acceptors (Lipinski definition) is 1. The van der Waals surface area contributed by atoms with Gasteiger partial charge in [0.25, 0.3) is 0 Å². The van der Waals surface area contributed by atoms with Crippen LogP contribution in [-0.4, -0.2) is 36.3 Å². The van der Waals surface area contributed by atoms with Gasteiger partial charge in [0, 0.05) is 0 Å². The lowest BCUT2D eigenvalue weighted by molar-refractivity contribution is 0.0275. The lowest BCUT2D eigenvalue weighted by Crippen LogP contribution is -2.21. The average Bonchev–Trinajstić information content (AvgIpc) is 1.55. The van der Waals surface area contributed by atoms with Gasteiger partial charge >= 0.3 is 23.1 Å². The van der Waals surface area contributed by atoms with Crippen molar-refractivity contribution >= 4 is 23.1 Å². The molecule has 1 nitrogen and oxygen atoms in total. The van der Waals surface area contributed by atoms with Gasteiger partial charge in [-0.3, -0.25) is 0 Å². The molecule has 0 aromatic carbocycles. The summed E-state index contributed by atoms with van der Waals surface area (Å²) in [5.74, 6) is 0. The first-order chi connectivity index (χ1) is 4.71. The Balaban J connectivity index is 0. The molecule has 0 rings (SSSR count). The van der Waals surface area contributed by atoms with Crippen LogP contribution in [0.25, 0.3) is 0 Å². The van der Waals surface area contributed by atoms with Crippen LogP contribution in [-0.2, 0) is 4.74 Å². The van der Waals surface area contributed by atoms with Crippen LogP contribution in [0.2, 0.25) is 0 Å². The van der Waals surface area contributed by atoms with E-state index in [9.17, 15) is 0 Å². The Hall–Kier alpha value is 0.726. The predicted octanol–water partition coefficient (Wildman–Crippen LogP) is 2.18. The molecule has 0 aliphatic carbocycles. The Bertz CT molecular complexity index is 94.0. The topological polar surface area (TPSA) is 9.23 Å². The summed E-state index contributed by atoms with van der Waals surface area (Å²) < 4.78 is 5.56. The molecule has 0 aromatic rings. The van der Waals surface area contributed by atoms with Crippen LogP contribution in [0, 0.1) is 10.8 Å². The number of hydrogen-bond donors (Lipinski definition) is 0. The maximum absolute atomic E-state index is 5.56. The summed E-state index contributed by atoms with van der Waals surface area (Å²) in [5, 5.41) is 0. The monoisotopic (exact) mass is 184 g/mol. The fourth-order valence-corrected chi connectivity index (χ4v) is 0.663. The lowest BCUT2D eigenvalue weighted by atomic mass is 9.97. The van der Waals surface area contributed by atoms with Crippen molar-refractivity contribution in [1.82, 2.24) is 0 Å². The maximum atomic E-state index is 5.56. The van der Waals surface area contributed by atoms with E-state index in [1.807, 2.05) is 0 Å². The standard InChI is InChI=1S/C10H22O.Mg.2H/c1-9(2,3)7-11-8-10(4,5)6;;;/h7-8H2,1-6H3;;;. The molecule has 0 bridgehead atoms. The zero-order chi connectivity index (χ0) is 9.12. The molecule has 2 heteroatoms. The molecule has 0 radical (unpaired) electrons. The van der Waals surface area contributed by atoms with Crippen molar-refractivity contribution in [2.75, 3.05) is 13.2 Å². The first kappa shape index (κ1) is 15.2. The van der Waals surface area contributed by atoms with Crippen LogP contribution in [0.15, 0.2) is 0 Å². The summed E-state index contributed by atoms with van der Waals surface area (Å²) in [4.78, 5) is 0. The molecule has 0 amide bonds. The maximum Gasteiger partial charge on any atom is 0.316 e. The number of rotatable bonds is 2. The molecule has 0 fully saturated rings. The summed E-state index contributed by atoms with van der Waals surface area (Å²) in [7, 11) is 0. The minimum absolute atomic E-state index is 0. The fraction of sp³-hybridized carbons (Fsp3) is 1.00. The van der Waals surface area contributed by atoms with Gasteiger partial charge in [0.15, 0.2) is 0 Å². The van der Waals surface area contributed by atoms with Crippen LogP contribution in [0.4, 0.5) is 0 Å². The van der Waals surface area contributed by atoms with Crippen molar-refractivity contribution < 1.29 is 4.74 Å². The fourth-order valence-electron chi connectivity index (χ4n) is 0.663. The Morgan fingerprint density at radius 2 is 1.00 bits per heavy atom. The zero-order valence-electron chi connectivity index (χ0n) is 8.82. The molecule has 0 unspecified atom stereocenters. The third-order valence-electron chi connectivity index (χ3n) is 1.07. The summed E-state index contributed by atoms with van der Waals surface area (Å²) in [6.45, 7) is 14.8. The van der Waals surface area contributed by atoms with E-state index < -0.39 is 0 Å². The van der Waals surface area contributed by atoms with Gasteiger partial charge in [-0.1, -0.05) is 41.5 Å². The molecular formula is C10H24MgO. The Morgan fingerprint density at radius 3 is 1.17 bits per heavy atom. The quantitative estimate of drug-likeness (QED) is 0.598. The van der Waals surface area contributed by atoms with E-state index in [1.54, 1.807) is 0 Å². The van der Waals surface area contributed by atoms with Gasteiger partial charge in [0.2, 0.25) is 0 Å². The van der Waals surface area contributed by atoms with Gasteiger partial charge in [-0.25, -0.2) is 0 Å². The van der Waals surface area contributed by atoms with Crippen molar-refractivity contribution in [3.63, 3.8) is 0 Å². The highest BCUT2D eigenvalue weighted by Crippen LogP contribution is 2.17. The van der Waals surface area contributed by atoms with Crippen molar-refractivity contribution in [2.24, 2.45) is 10.8 Å². The van der Waals surface area contributed by atoms with E-state index in [2.05, 4.69) is 41.5 Å². The SMILES string of the molecule is CC(C)(C)COCC(C)(C)C.[MgH2]. The van der Waals surface area contributed by atoms with Crippen molar-refractivity contribution in [3.05, 3.63) is 0 Å². The number of ether oxygens (including phenoxy) is 1. The third-order valence-corrected chi connectivity index (χ3v) is 1.07. The van der Waals surface area contributed by atoms with Crippen LogP contribution in [0.5, 0.6) is 0 Å². The third kappa shape index (κ3) is 13.3. The van der Waals surface area contributed by atoms with Gasteiger partial charge in [-0.15, -0.1) is 0 Å². The van der Waals surface area contributed by atoms with E-state index in [1.165, 1.54) is 0 Å². The van der Waals surface area contributed by atoms with Gasteiger partial charge in [-0.2, -0.15) is 0 Å². The van der Waals surface area contributed by atoms with Crippen molar-refractivity contribution in [2.45, 2.75) is 41.5 Å². The minimum Gasteiger partial charge on any atom is -0.380 e. The zero-order valence-corrected chi connectivity index (χ0v) is 8.82. The molecule has 12 heavy (non-hydrogen) atoms. The molecule has 0 aliphatic heterocycles. The van der Waals surface area contributed by atoms with Gasteiger partial charge in [0.05, 0.1) is 13.2 Å². The summed E-state index contributed by atoms with van der Waals surface area (Å²) in [6.07, 6.45) is 0. The van der Waals surface area contributed by atoms with E-state index in [0.717, 1.165) is 13.2 Å². The van der Waals surface area contributed by atoms with Gasteiger partial charge in [-0.05, 0) is 10.8 Å². The van der Waals surface area contributed by atoms with E-state index in [-0.39, 0.29) is 23.1 Å². The Labute approximate surface area is 93.4 Å². The molecule has 0 spiro atoms. The molecular weight excluding hydrogens is 160 g/mol. The van der Waals surface area contributed by atoms with Gasteiger partial charge < -0.3 is 4.74 Å². The lowest BCUT2D eigenvalue weighted by Gasteiger charge is -2.23. The highest BCUT2D eigenvalue weighted by atomic mass is 24.3. The minimum atomic E-state index is 0. The average molecular weight is 185 g/mol. The molecule has 0 heterocycles. The summed E-state index contributed by atoms with van der Waals surface area (Å²) >= 11 is 0. The molecule has 72 valence electrons. The van der Waals surface area contributed by atoms with E-state index >= 15 is 0 Å². The largest absolute Gasteiger partial charge is 0.380 e. The predicted molar refractivity (Wildman–Crippen MR) is 58.3 cm³/mol. The van der Waals surface area contributed by atoms with Gasteiger partial charge in [0.1, 0.15) is 0 Å². The first-order valence-corrected chi connectivity index (χ1v) is 4.28. The van der Waals surface area contributed by atoms with E-state index in [0.29, 0.717) is 10.8 Å². The Morgan fingerprint density at radius 1 is 0.750 bits per heavy atom. The normalized spacial score (nSPS) is 12.5. The van der Waals surface area contributed by atoms with Crippen LogP contribution in [0.1, 0.15) is 41.5 Å². The Kier molecular flexibility index (Phi) is 6.91. The summed E-state index contributed by atoms with van der Waals surface area (Å²) in [6, 6.07) is 0. The highest BCUT2D eigenvalue weighted by Gasteiger charge is 2.14. The molecule has 0 saturated carbocycles. The smallest absolute Gasteiger partial charge is 0.316 e. The highest BCUT2D eigenvalue weighted by molar-refractivity contribution is 5.75. The van der Waals surface area contributed by atoms with Crippen molar-refractivity contribution in [3.8, 4) is 0 Å². The first-order valence-electron chi connectivity index (χ1n) is 4.28. The molecule has 0 N–H and O–H groups in total. The van der Waals surface area contributed by atoms with E-state index in [4.69, 9.17) is 4.74 Å². The second-order valence-corrected chi connectivity index (χ2v) is 5.61. The molecule has 0 aromatic heterocycles. The van der Waals surface area contributed by atoms with Crippen LogP contribution >= 0.6 is 0 Å². The second kappa shape index (κ2) is 5.46. The summed E-state index contributed by atoms with van der Waals surface area (Å²) in [5.41, 5.74) is 0.594. The van der Waals surface area contributed by atoms with Crippen molar-refractivity contribution in [1.29, 1.82) is 0 Å². The molecule has 0 saturated heterocycles. The molecule has 0 atom stereocenters. The van der Waals surface area contributed by atoms with Crippen LogP contribution in [0.3, 0.4) is 0 Å². The molecule has 0 aliphatic rings.